The molecule has 1 aliphatic rings. The van der Waals surface area contributed by atoms with E-state index in [1.807, 2.05) is 42.5 Å². The van der Waals surface area contributed by atoms with Crippen molar-refractivity contribution in [3.05, 3.63) is 94.8 Å². The number of nitrogens with one attached hydrogen (secondary N) is 3. The van der Waals surface area contributed by atoms with E-state index in [4.69, 9.17) is 5.11 Å². The van der Waals surface area contributed by atoms with Crippen LogP contribution in [0.5, 0.6) is 0 Å². The molecule has 0 spiro atoms. The fourth-order valence-electron chi connectivity index (χ4n) is 4.36. The number of hydrogen-bond donors (Lipinski definition) is 4. The van der Waals surface area contributed by atoms with E-state index in [1.165, 1.54) is 12.1 Å². The average molecular weight is 459 g/mol. The molecule has 0 amide bonds. The van der Waals surface area contributed by atoms with E-state index in [-0.39, 0.29) is 30.0 Å². The molecule has 0 saturated heterocycles. The zero-order valence-electron chi connectivity index (χ0n) is 18.9. The van der Waals surface area contributed by atoms with Crippen LogP contribution < -0.4 is 16.0 Å². The highest BCUT2D eigenvalue weighted by Crippen LogP contribution is 2.34. The summed E-state index contributed by atoms with van der Waals surface area (Å²) < 4.78 is 13.9. The van der Waals surface area contributed by atoms with Crippen LogP contribution in [0, 0.1) is 17.1 Å². The van der Waals surface area contributed by atoms with E-state index < -0.39 is 11.8 Å². The second-order valence-corrected chi connectivity index (χ2v) is 8.63. The van der Waals surface area contributed by atoms with Gasteiger partial charge in [-0.2, -0.15) is 5.26 Å². The monoisotopic (exact) mass is 458 g/mol. The maximum Gasteiger partial charge on any atom is 0.307 e. The minimum atomic E-state index is -0.842. The molecule has 7 heteroatoms. The van der Waals surface area contributed by atoms with Gasteiger partial charge in [0, 0.05) is 13.1 Å². The fourth-order valence-corrected chi connectivity index (χ4v) is 4.36. The molecule has 34 heavy (non-hydrogen) atoms. The summed E-state index contributed by atoms with van der Waals surface area (Å²) in [6.07, 6.45) is 0.0133. The van der Waals surface area contributed by atoms with E-state index in [0.29, 0.717) is 24.5 Å². The van der Waals surface area contributed by atoms with Gasteiger partial charge in [0.25, 0.3) is 0 Å². The van der Waals surface area contributed by atoms with Crippen LogP contribution in [0.2, 0.25) is 0 Å². The lowest BCUT2D eigenvalue weighted by molar-refractivity contribution is -0.136. The van der Waals surface area contributed by atoms with Crippen molar-refractivity contribution in [3.63, 3.8) is 0 Å². The van der Waals surface area contributed by atoms with Crippen LogP contribution in [-0.2, 0) is 11.2 Å². The van der Waals surface area contributed by atoms with Crippen molar-refractivity contribution >= 4 is 17.3 Å². The first-order chi connectivity index (χ1) is 16.4. The molecule has 3 atom stereocenters. The summed E-state index contributed by atoms with van der Waals surface area (Å²) in [6, 6.07) is 22.4. The van der Waals surface area contributed by atoms with Gasteiger partial charge in [-0.25, -0.2) is 4.39 Å². The number of carbonyl (C=O) groups is 1. The molecule has 3 aromatic rings. The largest absolute Gasteiger partial charge is 0.481 e. The van der Waals surface area contributed by atoms with Crippen LogP contribution in [0.4, 0.5) is 15.8 Å². The lowest BCUT2D eigenvalue weighted by Gasteiger charge is -2.36. The molecule has 0 saturated carbocycles. The SMILES string of the molecule is C[C@H](CN[C@H](c1ccccc1)[C@H]1CNc2cc(F)cc(C#N)c2N1)c1ccc(CC(=O)O)cc1. The smallest absolute Gasteiger partial charge is 0.307 e. The summed E-state index contributed by atoms with van der Waals surface area (Å²) in [5, 5.41) is 28.9. The number of anilines is 2. The topological polar surface area (TPSA) is 97.2 Å². The van der Waals surface area contributed by atoms with Crippen LogP contribution in [0.25, 0.3) is 0 Å². The van der Waals surface area contributed by atoms with Crippen molar-refractivity contribution in [2.45, 2.75) is 31.3 Å². The molecule has 4 rings (SSSR count). The van der Waals surface area contributed by atoms with Crippen molar-refractivity contribution in [1.29, 1.82) is 5.26 Å². The Kier molecular flexibility index (Phi) is 7.09. The molecular formula is C27H27FN4O2. The summed E-state index contributed by atoms with van der Waals surface area (Å²) in [4.78, 5) is 10.9. The van der Waals surface area contributed by atoms with Crippen molar-refractivity contribution in [3.8, 4) is 6.07 Å². The zero-order valence-corrected chi connectivity index (χ0v) is 18.9. The number of halogens is 1. The van der Waals surface area contributed by atoms with Gasteiger partial charge in [-0.15, -0.1) is 0 Å². The number of nitrogens with zero attached hydrogens (tertiary/aromatic N) is 1. The van der Waals surface area contributed by atoms with Crippen LogP contribution >= 0.6 is 0 Å². The number of benzene rings is 3. The predicted octanol–water partition coefficient (Wildman–Crippen LogP) is 4.67. The zero-order chi connectivity index (χ0) is 24.1. The summed E-state index contributed by atoms with van der Waals surface area (Å²) in [7, 11) is 0. The molecule has 6 nitrogen and oxygen atoms in total. The molecule has 0 unspecified atom stereocenters. The van der Waals surface area contributed by atoms with Gasteiger partial charge in [0.1, 0.15) is 11.9 Å². The Bertz CT molecular complexity index is 1190. The normalized spacial score (nSPS) is 16.3. The quantitative estimate of drug-likeness (QED) is 0.392. The van der Waals surface area contributed by atoms with Crippen LogP contribution in [0.1, 0.15) is 41.1 Å². The molecule has 3 aromatic carbocycles. The molecular weight excluding hydrogens is 431 g/mol. The molecule has 1 heterocycles. The van der Waals surface area contributed by atoms with E-state index in [9.17, 15) is 14.4 Å². The van der Waals surface area contributed by atoms with Crippen molar-refractivity contribution < 1.29 is 14.3 Å². The predicted molar refractivity (Wildman–Crippen MR) is 130 cm³/mol. The Morgan fingerprint density at radius 3 is 2.59 bits per heavy atom. The van der Waals surface area contributed by atoms with Gasteiger partial charge in [-0.05, 0) is 34.7 Å². The first kappa shape index (κ1) is 23.3. The standard InChI is InChI=1S/C27H27FN4O2/c1-17(19-9-7-18(8-10-19)11-25(33)34)15-31-26(20-5-3-2-4-6-20)24-16-30-23-13-22(28)12-21(14-29)27(23)32-24/h2-10,12-13,17,24,26,30-32H,11,15-16H2,1H3,(H,33,34)/t17-,24-,26-/m1/s1. The molecule has 1 aliphatic heterocycles. The number of aliphatic carboxylic acids is 1. The van der Waals surface area contributed by atoms with E-state index in [0.717, 1.165) is 16.7 Å². The molecule has 0 bridgehead atoms. The van der Waals surface area contributed by atoms with Gasteiger partial charge in [0.05, 0.1) is 35.4 Å². The lowest BCUT2D eigenvalue weighted by Crippen LogP contribution is -2.45. The Morgan fingerprint density at radius 1 is 1.18 bits per heavy atom. The van der Waals surface area contributed by atoms with Gasteiger partial charge in [0.15, 0.2) is 0 Å². The fraction of sp³-hybridized carbons (Fsp3) is 0.259. The third-order valence-electron chi connectivity index (χ3n) is 6.17. The molecule has 0 aromatic heterocycles. The highest BCUT2D eigenvalue weighted by Gasteiger charge is 2.29. The van der Waals surface area contributed by atoms with Gasteiger partial charge in [-0.1, -0.05) is 61.5 Å². The van der Waals surface area contributed by atoms with Crippen LogP contribution in [-0.4, -0.2) is 30.2 Å². The lowest BCUT2D eigenvalue weighted by atomic mass is 9.94. The van der Waals surface area contributed by atoms with Crippen molar-refractivity contribution in [1.82, 2.24) is 5.32 Å². The summed E-state index contributed by atoms with van der Waals surface area (Å²) >= 11 is 0. The first-order valence-electron chi connectivity index (χ1n) is 11.3. The Morgan fingerprint density at radius 2 is 1.91 bits per heavy atom. The maximum absolute atomic E-state index is 13.9. The molecule has 0 radical (unpaired) electrons. The van der Waals surface area contributed by atoms with Crippen LogP contribution in [0.15, 0.2) is 66.7 Å². The van der Waals surface area contributed by atoms with Crippen molar-refractivity contribution in [2.75, 3.05) is 23.7 Å². The second-order valence-electron chi connectivity index (χ2n) is 8.63. The Labute approximate surface area is 198 Å². The minimum Gasteiger partial charge on any atom is -0.481 e. The van der Waals surface area contributed by atoms with Gasteiger partial charge in [0.2, 0.25) is 0 Å². The summed E-state index contributed by atoms with van der Waals surface area (Å²) in [5.74, 6) is -1.09. The number of hydrogen-bond acceptors (Lipinski definition) is 5. The Hall–Kier alpha value is -3.89. The summed E-state index contributed by atoms with van der Waals surface area (Å²) in [5.41, 5.74) is 4.48. The number of rotatable bonds is 8. The average Bonchev–Trinajstić information content (AvgIpc) is 2.84. The molecule has 0 fully saturated rings. The first-order valence-corrected chi connectivity index (χ1v) is 11.3. The van der Waals surface area contributed by atoms with Gasteiger partial charge in [-0.3, -0.25) is 4.79 Å². The molecule has 4 N–H and O–H groups in total. The van der Waals surface area contributed by atoms with E-state index >= 15 is 0 Å². The Balaban J connectivity index is 1.52. The number of nitriles is 1. The van der Waals surface area contributed by atoms with E-state index in [2.05, 4.69) is 41.1 Å². The molecule has 0 aliphatic carbocycles. The maximum atomic E-state index is 13.9. The minimum absolute atomic E-state index is 0.0133. The van der Waals surface area contributed by atoms with Gasteiger partial charge >= 0.3 is 5.97 Å². The third kappa shape index (κ3) is 5.36. The highest BCUT2D eigenvalue weighted by molar-refractivity contribution is 5.78. The highest BCUT2D eigenvalue weighted by atomic mass is 19.1. The van der Waals surface area contributed by atoms with Gasteiger partial charge < -0.3 is 21.1 Å². The molecule has 174 valence electrons. The number of carboxylic acid groups (broad SMARTS) is 1. The third-order valence-corrected chi connectivity index (χ3v) is 6.17. The summed E-state index contributed by atoms with van der Waals surface area (Å²) in [6.45, 7) is 3.38. The number of carboxylic acids is 1. The second kappa shape index (κ2) is 10.4. The number of fused-ring (bicyclic) bond motifs is 1. The van der Waals surface area contributed by atoms with Crippen molar-refractivity contribution in [2.24, 2.45) is 0 Å². The van der Waals surface area contributed by atoms with E-state index in [1.54, 1.807) is 0 Å². The van der Waals surface area contributed by atoms with Crippen LogP contribution in [0.3, 0.4) is 0 Å².